The van der Waals surface area contributed by atoms with Gasteiger partial charge in [-0.1, -0.05) is 22.0 Å². The number of benzene rings is 1. The molecule has 1 aliphatic heterocycles. The van der Waals surface area contributed by atoms with Crippen molar-refractivity contribution in [1.29, 1.82) is 0 Å². The van der Waals surface area contributed by atoms with Crippen LogP contribution in [0.15, 0.2) is 22.7 Å². The summed E-state index contributed by atoms with van der Waals surface area (Å²) in [5.41, 5.74) is 2.73. The van der Waals surface area contributed by atoms with Gasteiger partial charge in [0.25, 0.3) is 0 Å². The molecule has 0 saturated carbocycles. The van der Waals surface area contributed by atoms with E-state index in [2.05, 4.69) is 58.2 Å². The highest BCUT2D eigenvalue weighted by Gasteiger charge is 2.15. The third-order valence-corrected chi connectivity index (χ3v) is 3.42. The molecular formula is C13H21BrCl2N2. The first-order valence-electron chi connectivity index (χ1n) is 5.85. The molecule has 0 amide bonds. The standard InChI is InChI=1S/C13H19BrN2.2ClH/c1-10-5-12(7-13(14)6-10)9-16-4-3-15-11(2)8-16;;/h5-7,11,15H,3-4,8-9H2,1-2H3;2*1H/t11-;;/m1../s1. The van der Waals surface area contributed by atoms with Crippen molar-refractivity contribution in [3.05, 3.63) is 33.8 Å². The fourth-order valence-electron chi connectivity index (χ4n) is 2.32. The second-order valence-electron chi connectivity index (χ2n) is 4.73. The Morgan fingerprint density at radius 3 is 2.67 bits per heavy atom. The average molecular weight is 356 g/mol. The lowest BCUT2D eigenvalue weighted by atomic mass is 10.1. The summed E-state index contributed by atoms with van der Waals surface area (Å²) in [6, 6.07) is 7.27. The average Bonchev–Trinajstić information content (AvgIpc) is 2.15. The lowest BCUT2D eigenvalue weighted by Crippen LogP contribution is -2.48. The van der Waals surface area contributed by atoms with Crippen LogP contribution in [0, 0.1) is 6.92 Å². The normalized spacial score (nSPS) is 19.8. The maximum Gasteiger partial charge on any atom is 0.0235 e. The summed E-state index contributed by atoms with van der Waals surface area (Å²) in [7, 11) is 0. The Bertz CT molecular complexity index is 354. The molecule has 0 unspecified atom stereocenters. The van der Waals surface area contributed by atoms with Crippen molar-refractivity contribution in [2.75, 3.05) is 19.6 Å². The number of aryl methyl sites for hydroxylation is 1. The van der Waals surface area contributed by atoms with Crippen LogP contribution in [-0.4, -0.2) is 30.6 Å². The Morgan fingerprint density at radius 1 is 1.33 bits per heavy atom. The molecule has 0 radical (unpaired) electrons. The van der Waals surface area contributed by atoms with Gasteiger partial charge in [-0.05, 0) is 37.1 Å². The Kier molecular flexibility index (Phi) is 8.48. The molecule has 104 valence electrons. The second kappa shape index (κ2) is 8.39. The summed E-state index contributed by atoms with van der Waals surface area (Å²) >= 11 is 3.56. The highest BCUT2D eigenvalue weighted by molar-refractivity contribution is 9.10. The molecule has 1 N–H and O–H groups in total. The first kappa shape index (κ1) is 18.2. The van der Waals surface area contributed by atoms with Crippen molar-refractivity contribution in [3.8, 4) is 0 Å². The van der Waals surface area contributed by atoms with Gasteiger partial charge in [0.05, 0.1) is 0 Å². The zero-order chi connectivity index (χ0) is 11.5. The van der Waals surface area contributed by atoms with E-state index in [1.165, 1.54) is 15.6 Å². The molecule has 18 heavy (non-hydrogen) atoms. The van der Waals surface area contributed by atoms with E-state index in [0.29, 0.717) is 6.04 Å². The maximum atomic E-state index is 3.56. The quantitative estimate of drug-likeness (QED) is 0.874. The van der Waals surface area contributed by atoms with Gasteiger partial charge in [0.1, 0.15) is 0 Å². The summed E-state index contributed by atoms with van der Waals surface area (Å²) < 4.78 is 1.19. The van der Waals surface area contributed by atoms with Crippen LogP contribution in [-0.2, 0) is 6.54 Å². The van der Waals surface area contributed by atoms with E-state index in [0.717, 1.165) is 26.2 Å². The topological polar surface area (TPSA) is 15.3 Å². The van der Waals surface area contributed by atoms with Crippen molar-refractivity contribution in [2.24, 2.45) is 0 Å². The third kappa shape index (κ3) is 5.45. The number of piperazine rings is 1. The molecule has 1 fully saturated rings. The SMILES string of the molecule is Cc1cc(Br)cc(CN2CCN[C@H](C)C2)c1.Cl.Cl. The number of nitrogens with zero attached hydrogens (tertiary/aromatic N) is 1. The summed E-state index contributed by atoms with van der Waals surface area (Å²) in [6.45, 7) is 8.86. The smallest absolute Gasteiger partial charge is 0.0235 e. The van der Waals surface area contributed by atoms with Crippen molar-refractivity contribution < 1.29 is 0 Å². The van der Waals surface area contributed by atoms with E-state index < -0.39 is 0 Å². The Balaban J connectivity index is 0.00000144. The molecule has 0 aliphatic carbocycles. The van der Waals surface area contributed by atoms with Crippen LogP contribution >= 0.6 is 40.7 Å². The minimum atomic E-state index is 0. The van der Waals surface area contributed by atoms with E-state index >= 15 is 0 Å². The molecule has 0 spiro atoms. The van der Waals surface area contributed by atoms with Crippen molar-refractivity contribution in [2.45, 2.75) is 26.4 Å². The number of hydrogen-bond acceptors (Lipinski definition) is 2. The van der Waals surface area contributed by atoms with E-state index in [-0.39, 0.29) is 24.8 Å². The number of halogens is 3. The van der Waals surface area contributed by atoms with Gasteiger partial charge in [0, 0.05) is 36.7 Å². The molecular weight excluding hydrogens is 335 g/mol. The third-order valence-electron chi connectivity index (χ3n) is 2.96. The van der Waals surface area contributed by atoms with Gasteiger partial charge in [-0.25, -0.2) is 0 Å². The van der Waals surface area contributed by atoms with Crippen LogP contribution in [0.5, 0.6) is 0 Å². The predicted octanol–water partition coefficient (Wildman–Crippen LogP) is 3.39. The van der Waals surface area contributed by atoms with E-state index in [1.807, 2.05) is 0 Å². The summed E-state index contributed by atoms with van der Waals surface area (Å²) in [4.78, 5) is 2.52. The van der Waals surface area contributed by atoms with E-state index in [9.17, 15) is 0 Å². The monoisotopic (exact) mass is 354 g/mol. The van der Waals surface area contributed by atoms with Crippen LogP contribution in [0.25, 0.3) is 0 Å². The number of rotatable bonds is 2. The Morgan fingerprint density at radius 2 is 2.06 bits per heavy atom. The second-order valence-corrected chi connectivity index (χ2v) is 5.64. The Hall–Kier alpha value is 0.200. The molecule has 1 aromatic carbocycles. The summed E-state index contributed by atoms with van der Waals surface area (Å²) in [6.07, 6.45) is 0. The largest absolute Gasteiger partial charge is 0.312 e. The lowest BCUT2D eigenvalue weighted by molar-refractivity contribution is 0.199. The number of hydrogen-bond donors (Lipinski definition) is 1. The van der Waals surface area contributed by atoms with Gasteiger partial charge in [-0.15, -0.1) is 24.8 Å². The highest BCUT2D eigenvalue weighted by Crippen LogP contribution is 2.17. The number of nitrogens with one attached hydrogen (secondary N) is 1. The fourth-order valence-corrected chi connectivity index (χ4v) is 2.97. The van der Waals surface area contributed by atoms with Gasteiger partial charge in [-0.2, -0.15) is 0 Å². The predicted molar refractivity (Wildman–Crippen MR) is 86.1 cm³/mol. The van der Waals surface area contributed by atoms with Crippen LogP contribution in [0.3, 0.4) is 0 Å². The minimum Gasteiger partial charge on any atom is -0.312 e. The van der Waals surface area contributed by atoms with Crippen molar-refractivity contribution in [1.82, 2.24) is 10.2 Å². The zero-order valence-corrected chi connectivity index (χ0v) is 14.0. The van der Waals surface area contributed by atoms with Crippen molar-refractivity contribution in [3.63, 3.8) is 0 Å². The lowest BCUT2D eigenvalue weighted by Gasteiger charge is -2.31. The molecule has 1 atom stereocenters. The van der Waals surface area contributed by atoms with E-state index in [4.69, 9.17) is 0 Å². The maximum absolute atomic E-state index is 3.56. The highest BCUT2D eigenvalue weighted by atomic mass is 79.9. The van der Waals surface area contributed by atoms with Crippen LogP contribution in [0.4, 0.5) is 0 Å². The molecule has 0 aromatic heterocycles. The van der Waals surface area contributed by atoms with Gasteiger partial charge in [0.15, 0.2) is 0 Å². The van der Waals surface area contributed by atoms with Gasteiger partial charge >= 0.3 is 0 Å². The Labute approximate surface area is 130 Å². The fraction of sp³-hybridized carbons (Fsp3) is 0.538. The first-order valence-corrected chi connectivity index (χ1v) is 6.64. The van der Waals surface area contributed by atoms with Crippen LogP contribution < -0.4 is 5.32 Å². The van der Waals surface area contributed by atoms with Crippen LogP contribution in [0.1, 0.15) is 18.1 Å². The summed E-state index contributed by atoms with van der Waals surface area (Å²) in [5, 5.41) is 3.47. The molecule has 2 rings (SSSR count). The molecule has 5 heteroatoms. The summed E-state index contributed by atoms with van der Waals surface area (Å²) in [5.74, 6) is 0. The minimum absolute atomic E-state index is 0. The molecule has 0 bridgehead atoms. The van der Waals surface area contributed by atoms with Crippen molar-refractivity contribution >= 4 is 40.7 Å². The molecule has 1 aromatic rings. The zero-order valence-electron chi connectivity index (χ0n) is 10.8. The van der Waals surface area contributed by atoms with Gasteiger partial charge in [0.2, 0.25) is 0 Å². The van der Waals surface area contributed by atoms with Gasteiger partial charge < -0.3 is 5.32 Å². The first-order chi connectivity index (χ1) is 7.63. The molecule has 1 heterocycles. The van der Waals surface area contributed by atoms with Crippen LogP contribution in [0.2, 0.25) is 0 Å². The molecule has 2 nitrogen and oxygen atoms in total. The molecule has 1 aliphatic rings. The van der Waals surface area contributed by atoms with Gasteiger partial charge in [-0.3, -0.25) is 4.90 Å². The molecule has 1 saturated heterocycles. The van der Waals surface area contributed by atoms with E-state index in [1.54, 1.807) is 0 Å².